The summed E-state index contributed by atoms with van der Waals surface area (Å²) in [4.78, 5) is 28.5. The molecule has 0 aromatic heterocycles. The fraction of sp³-hybridized carbons (Fsp3) is 0.423. The summed E-state index contributed by atoms with van der Waals surface area (Å²) < 4.78 is 20.5. The summed E-state index contributed by atoms with van der Waals surface area (Å²) >= 11 is 0. The number of nitriles is 1. The van der Waals surface area contributed by atoms with Crippen LogP contribution in [-0.4, -0.2) is 43.7 Å². The number of hydrogen-bond donors (Lipinski definition) is 1. The molecule has 1 heterocycles. The van der Waals surface area contributed by atoms with Gasteiger partial charge in [-0.3, -0.25) is 9.59 Å². The number of rotatable bonds is 9. The van der Waals surface area contributed by atoms with Crippen molar-refractivity contribution in [3.8, 4) is 6.07 Å². The predicted molar refractivity (Wildman–Crippen MR) is 129 cm³/mol. The number of ether oxygens (including phenoxy) is 1. The lowest BCUT2D eigenvalue weighted by atomic mass is 10.1. The SMILES string of the molecule is CC1CN(c2ccc(CNC(=O)CCC(=O)N(CCC#N)c3ccccc3)cc2F)CC(C)O1. The van der Waals surface area contributed by atoms with E-state index < -0.39 is 0 Å². The topological polar surface area (TPSA) is 85.7 Å². The lowest BCUT2D eigenvalue weighted by Crippen LogP contribution is -2.45. The molecule has 1 aliphatic rings. The van der Waals surface area contributed by atoms with Gasteiger partial charge in [-0.05, 0) is 43.7 Å². The standard InChI is InChI=1S/C26H31FN4O3/c1-19-17-30(18-20(2)34-19)24-10-9-21(15-23(24)27)16-29-25(32)11-12-26(33)31(14-6-13-28)22-7-4-3-5-8-22/h3-5,7-10,15,19-20H,6,11-12,14,16-18H2,1-2H3,(H,29,32). The minimum absolute atomic E-state index is 0.0127. The van der Waals surface area contributed by atoms with Gasteiger partial charge >= 0.3 is 0 Å². The molecule has 0 bridgehead atoms. The molecule has 7 nitrogen and oxygen atoms in total. The summed E-state index contributed by atoms with van der Waals surface area (Å²) in [6.45, 7) is 5.64. The lowest BCUT2D eigenvalue weighted by Gasteiger charge is -2.37. The molecule has 2 aromatic carbocycles. The molecule has 2 amide bonds. The number of carbonyl (C=O) groups is 2. The maximum absolute atomic E-state index is 14.8. The first-order valence-corrected chi connectivity index (χ1v) is 11.5. The molecule has 2 atom stereocenters. The van der Waals surface area contributed by atoms with E-state index in [-0.39, 0.29) is 62.2 Å². The van der Waals surface area contributed by atoms with E-state index in [1.807, 2.05) is 43.0 Å². The van der Waals surface area contributed by atoms with E-state index in [1.165, 1.54) is 11.0 Å². The zero-order chi connectivity index (χ0) is 24.5. The molecule has 180 valence electrons. The van der Waals surface area contributed by atoms with E-state index in [9.17, 15) is 14.0 Å². The number of morpholine rings is 1. The zero-order valence-corrected chi connectivity index (χ0v) is 19.7. The summed E-state index contributed by atoms with van der Waals surface area (Å²) in [5, 5.41) is 11.6. The average molecular weight is 467 g/mol. The van der Waals surface area contributed by atoms with Gasteiger partial charge in [-0.2, -0.15) is 5.26 Å². The Morgan fingerprint density at radius 2 is 1.85 bits per heavy atom. The zero-order valence-electron chi connectivity index (χ0n) is 19.7. The lowest BCUT2D eigenvalue weighted by molar-refractivity contribution is -0.125. The van der Waals surface area contributed by atoms with Crippen LogP contribution in [0, 0.1) is 17.1 Å². The number of nitrogens with zero attached hydrogens (tertiary/aromatic N) is 3. The van der Waals surface area contributed by atoms with E-state index in [2.05, 4.69) is 5.32 Å². The van der Waals surface area contributed by atoms with Gasteiger partial charge < -0.3 is 19.9 Å². The quantitative estimate of drug-likeness (QED) is 0.608. The molecule has 0 radical (unpaired) electrons. The highest BCUT2D eigenvalue weighted by Crippen LogP contribution is 2.24. The van der Waals surface area contributed by atoms with E-state index in [4.69, 9.17) is 10.00 Å². The van der Waals surface area contributed by atoms with Crippen molar-refractivity contribution >= 4 is 23.2 Å². The first-order valence-electron chi connectivity index (χ1n) is 11.5. The maximum Gasteiger partial charge on any atom is 0.227 e. The number of amides is 2. The summed E-state index contributed by atoms with van der Waals surface area (Å²) in [5.41, 5.74) is 1.87. The molecule has 1 fully saturated rings. The Kier molecular flexibility index (Phi) is 9.00. The van der Waals surface area contributed by atoms with Crippen LogP contribution in [0.3, 0.4) is 0 Å². The Labute approximate surface area is 200 Å². The first kappa shape index (κ1) is 25.2. The Balaban J connectivity index is 1.51. The summed E-state index contributed by atoms with van der Waals surface area (Å²) in [7, 11) is 0. The van der Waals surface area contributed by atoms with Crippen molar-refractivity contribution in [2.45, 2.75) is 51.9 Å². The minimum atomic E-state index is -0.334. The van der Waals surface area contributed by atoms with Gasteiger partial charge in [0, 0.05) is 44.7 Å². The third kappa shape index (κ3) is 7.03. The predicted octanol–water partition coefficient (Wildman–Crippen LogP) is 3.78. The molecule has 1 aliphatic heterocycles. The first-order chi connectivity index (χ1) is 16.4. The molecular formula is C26H31FN4O3. The van der Waals surface area contributed by atoms with E-state index >= 15 is 0 Å². The number of benzene rings is 2. The smallest absolute Gasteiger partial charge is 0.227 e. The Hall–Kier alpha value is -3.44. The molecule has 3 rings (SSSR count). The molecule has 8 heteroatoms. The normalized spacial score (nSPS) is 17.6. The fourth-order valence-electron chi connectivity index (χ4n) is 4.10. The Bertz CT molecular complexity index is 1010. The summed E-state index contributed by atoms with van der Waals surface area (Å²) in [6, 6.07) is 16.1. The van der Waals surface area contributed by atoms with Crippen LogP contribution in [0.15, 0.2) is 48.5 Å². The van der Waals surface area contributed by atoms with Crippen LogP contribution in [0.1, 0.15) is 38.7 Å². The van der Waals surface area contributed by atoms with Crippen molar-refractivity contribution in [2.24, 2.45) is 0 Å². The highest BCUT2D eigenvalue weighted by atomic mass is 19.1. The van der Waals surface area contributed by atoms with Gasteiger partial charge in [0.25, 0.3) is 0 Å². The van der Waals surface area contributed by atoms with Crippen LogP contribution in [-0.2, 0) is 20.9 Å². The molecule has 0 saturated carbocycles. The molecule has 0 spiro atoms. The van der Waals surface area contributed by atoms with Gasteiger partial charge in [-0.25, -0.2) is 4.39 Å². The highest BCUT2D eigenvalue weighted by Gasteiger charge is 2.24. The second-order valence-corrected chi connectivity index (χ2v) is 8.51. The van der Waals surface area contributed by atoms with Crippen molar-refractivity contribution in [2.75, 3.05) is 29.4 Å². The molecule has 1 N–H and O–H groups in total. The second kappa shape index (κ2) is 12.1. The van der Waals surface area contributed by atoms with Gasteiger partial charge in [0.1, 0.15) is 5.82 Å². The molecule has 2 aromatic rings. The average Bonchev–Trinajstić information content (AvgIpc) is 2.81. The van der Waals surface area contributed by atoms with Gasteiger partial charge in [0.15, 0.2) is 0 Å². The van der Waals surface area contributed by atoms with Gasteiger partial charge in [0.2, 0.25) is 11.8 Å². The van der Waals surface area contributed by atoms with Gasteiger partial charge in [0.05, 0.1) is 30.4 Å². The number of nitrogens with one attached hydrogen (secondary N) is 1. The van der Waals surface area contributed by atoms with Crippen LogP contribution in [0.25, 0.3) is 0 Å². The molecule has 1 saturated heterocycles. The van der Waals surface area contributed by atoms with Crippen LogP contribution in [0.5, 0.6) is 0 Å². The minimum Gasteiger partial charge on any atom is -0.372 e. The summed E-state index contributed by atoms with van der Waals surface area (Å²) in [5.74, 6) is -0.845. The molecular weight excluding hydrogens is 435 g/mol. The molecule has 0 aliphatic carbocycles. The monoisotopic (exact) mass is 466 g/mol. The van der Waals surface area contributed by atoms with Crippen LogP contribution in [0.2, 0.25) is 0 Å². The number of hydrogen-bond acceptors (Lipinski definition) is 5. The third-order valence-corrected chi connectivity index (χ3v) is 5.64. The fourth-order valence-corrected chi connectivity index (χ4v) is 4.10. The number of halogens is 1. The Morgan fingerprint density at radius 1 is 1.15 bits per heavy atom. The van der Waals surface area contributed by atoms with Crippen molar-refractivity contribution in [1.29, 1.82) is 5.26 Å². The number of carbonyl (C=O) groups excluding carboxylic acids is 2. The summed E-state index contributed by atoms with van der Waals surface area (Å²) in [6.07, 6.45) is 0.299. The van der Waals surface area contributed by atoms with Crippen molar-refractivity contribution in [3.05, 3.63) is 59.9 Å². The van der Waals surface area contributed by atoms with Crippen molar-refractivity contribution in [3.63, 3.8) is 0 Å². The largest absolute Gasteiger partial charge is 0.372 e. The molecule has 2 unspecified atom stereocenters. The van der Waals surface area contributed by atoms with Crippen molar-refractivity contribution < 1.29 is 18.7 Å². The van der Waals surface area contributed by atoms with Gasteiger partial charge in [-0.15, -0.1) is 0 Å². The van der Waals surface area contributed by atoms with Crippen LogP contribution < -0.4 is 15.1 Å². The van der Waals surface area contributed by atoms with Crippen LogP contribution >= 0.6 is 0 Å². The highest BCUT2D eigenvalue weighted by molar-refractivity contribution is 5.95. The van der Waals surface area contributed by atoms with E-state index in [1.54, 1.807) is 24.3 Å². The van der Waals surface area contributed by atoms with Crippen LogP contribution in [0.4, 0.5) is 15.8 Å². The second-order valence-electron chi connectivity index (χ2n) is 8.51. The van der Waals surface area contributed by atoms with E-state index in [0.29, 0.717) is 30.0 Å². The number of para-hydroxylation sites is 1. The third-order valence-electron chi connectivity index (χ3n) is 5.64. The van der Waals surface area contributed by atoms with Crippen molar-refractivity contribution in [1.82, 2.24) is 5.32 Å². The number of anilines is 2. The maximum atomic E-state index is 14.8. The van der Waals surface area contributed by atoms with Gasteiger partial charge in [-0.1, -0.05) is 24.3 Å². The van der Waals surface area contributed by atoms with E-state index in [0.717, 1.165) is 0 Å². The Morgan fingerprint density at radius 3 is 2.50 bits per heavy atom. The molecule has 34 heavy (non-hydrogen) atoms.